The number of ether oxygens (including phenoxy) is 1. The number of likely N-dealkylation sites (tertiary alicyclic amines) is 1. The fourth-order valence-corrected chi connectivity index (χ4v) is 5.47. The van der Waals surface area contributed by atoms with Gasteiger partial charge in [0.05, 0.1) is 37.3 Å². The first-order chi connectivity index (χ1) is 18.3. The molecule has 208 valence electrons. The number of nitrogens with one attached hydrogen (secondary N) is 1. The molecule has 1 fully saturated rings. The standard InChI is InChI=1S/C26H23BrClF3N2O5S/c1-39(36,37)16-2-3-17(20(28)9-16)26(35)32-23-5-4-21(29)18(25(23)31)13-38-24-10-22(30)19(27)8-14(24)11-33-7-6-15(34)12-33/h2-5,8-10,15,34H,6-7,11-13H2,1H3,(H,32,35)/t15-/m0/s1. The minimum atomic E-state index is -3.56. The van der Waals surface area contributed by atoms with Gasteiger partial charge in [-0.15, -0.1) is 0 Å². The van der Waals surface area contributed by atoms with E-state index in [0.717, 1.165) is 30.5 Å². The molecule has 1 amide bonds. The smallest absolute Gasteiger partial charge is 0.257 e. The van der Waals surface area contributed by atoms with Gasteiger partial charge in [-0.25, -0.2) is 21.6 Å². The summed E-state index contributed by atoms with van der Waals surface area (Å²) in [5.41, 5.74) is -0.434. The van der Waals surface area contributed by atoms with Crippen molar-refractivity contribution in [3.63, 3.8) is 0 Å². The van der Waals surface area contributed by atoms with Crippen molar-refractivity contribution in [1.29, 1.82) is 0 Å². The number of amides is 1. The number of carbonyl (C=O) groups is 1. The first-order valence-electron chi connectivity index (χ1n) is 11.6. The molecule has 1 aliphatic rings. The molecule has 3 aromatic carbocycles. The number of carbonyl (C=O) groups excluding carboxylic acids is 1. The second-order valence-electron chi connectivity index (χ2n) is 9.10. The maximum atomic E-state index is 15.3. The van der Waals surface area contributed by atoms with Crippen molar-refractivity contribution in [3.8, 4) is 5.75 Å². The summed E-state index contributed by atoms with van der Waals surface area (Å²) < 4.78 is 73.4. The Hall–Kier alpha value is -2.64. The molecule has 3 aromatic rings. The topological polar surface area (TPSA) is 95.9 Å². The van der Waals surface area contributed by atoms with E-state index in [-0.39, 0.29) is 31.4 Å². The highest BCUT2D eigenvalue weighted by atomic mass is 79.9. The molecule has 0 unspecified atom stereocenters. The summed E-state index contributed by atoms with van der Waals surface area (Å²) in [6, 6.07) is 8.06. The van der Waals surface area contributed by atoms with Gasteiger partial charge in [0.25, 0.3) is 5.91 Å². The zero-order valence-electron chi connectivity index (χ0n) is 20.5. The molecule has 4 rings (SSSR count). The van der Waals surface area contributed by atoms with Gasteiger partial charge in [0.15, 0.2) is 15.7 Å². The first-order valence-corrected chi connectivity index (χ1v) is 14.7. The molecule has 0 aliphatic carbocycles. The summed E-state index contributed by atoms with van der Waals surface area (Å²) in [6.45, 7) is 0.773. The molecule has 0 spiro atoms. The molecule has 1 aliphatic heterocycles. The number of hydrogen-bond acceptors (Lipinski definition) is 6. The van der Waals surface area contributed by atoms with Crippen molar-refractivity contribution in [2.75, 3.05) is 24.7 Å². The van der Waals surface area contributed by atoms with Crippen LogP contribution in [0, 0.1) is 17.5 Å². The van der Waals surface area contributed by atoms with Gasteiger partial charge in [-0.3, -0.25) is 9.69 Å². The van der Waals surface area contributed by atoms with E-state index in [2.05, 4.69) is 21.2 Å². The number of halogens is 5. The zero-order valence-corrected chi connectivity index (χ0v) is 23.6. The van der Waals surface area contributed by atoms with Crippen LogP contribution in [0.25, 0.3) is 0 Å². The molecular formula is C26H23BrClF3N2O5S. The van der Waals surface area contributed by atoms with Gasteiger partial charge in [-0.2, -0.15) is 0 Å². The molecule has 0 aromatic heterocycles. The molecule has 0 bridgehead atoms. The minimum Gasteiger partial charge on any atom is -0.488 e. The number of anilines is 1. The van der Waals surface area contributed by atoms with Gasteiger partial charge in [0.2, 0.25) is 0 Å². The third-order valence-corrected chi connectivity index (χ3v) is 8.20. The molecule has 1 heterocycles. The summed E-state index contributed by atoms with van der Waals surface area (Å²) in [6.07, 6.45) is 1.12. The molecule has 13 heteroatoms. The number of β-amino-alcohol motifs (C(OH)–C–C–N with tert-alkyl or cyclic N) is 1. The van der Waals surface area contributed by atoms with Gasteiger partial charge in [0.1, 0.15) is 24.0 Å². The van der Waals surface area contributed by atoms with E-state index < -0.39 is 51.5 Å². The van der Waals surface area contributed by atoms with Crippen molar-refractivity contribution < 1.29 is 36.2 Å². The van der Waals surface area contributed by atoms with Crippen LogP contribution in [0.1, 0.15) is 27.9 Å². The number of rotatable bonds is 8. The number of benzene rings is 3. The van der Waals surface area contributed by atoms with E-state index in [1.54, 1.807) is 0 Å². The van der Waals surface area contributed by atoms with Crippen LogP contribution in [0.5, 0.6) is 5.75 Å². The van der Waals surface area contributed by atoms with Crippen molar-refractivity contribution >= 4 is 49.0 Å². The largest absolute Gasteiger partial charge is 0.488 e. The number of hydrogen-bond donors (Lipinski definition) is 2. The molecular weight excluding hydrogens is 625 g/mol. The maximum Gasteiger partial charge on any atom is 0.257 e. The monoisotopic (exact) mass is 646 g/mol. The predicted octanol–water partition coefficient (Wildman–Crippen LogP) is 5.32. The second-order valence-corrected chi connectivity index (χ2v) is 12.4. The van der Waals surface area contributed by atoms with Crippen LogP contribution in [-0.4, -0.2) is 49.8 Å². The van der Waals surface area contributed by atoms with Crippen LogP contribution in [0.4, 0.5) is 18.9 Å². The average molecular weight is 648 g/mol. The first kappa shape index (κ1) is 29.3. The Kier molecular flexibility index (Phi) is 8.91. The van der Waals surface area contributed by atoms with Gasteiger partial charge >= 0.3 is 0 Å². The number of aliphatic hydroxyl groups excluding tert-OH is 1. The van der Waals surface area contributed by atoms with Crippen LogP contribution in [0.15, 0.2) is 51.8 Å². The van der Waals surface area contributed by atoms with E-state index in [1.165, 1.54) is 18.2 Å². The molecule has 1 atom stereocenters. The number of sulfone groups is 1. The Morgan fingerprint density at radius 2 is 1.92 bits per heavy atom. The van der Waals surface area contributed by atoms with Crippen LogP contribution in [0.2, 0.25) is 5.02 Å². The summed E-state index contributed by atoms with van der Waals surface area (Å²) in [5, 5.41) is 11.9. The second kappa shape index (κ2) is 11.8. The molecule has 0 saturated carbocycles. The molecule has 7 nitrogen and oxygen atoms in total. The summed E-state index contributed by atoms with van der Waals surface area (Å²) in [7, 11) is -3.56. The minimum absolute atomic E-state index is 0.0723. The lowest BCUT2D eigenvalue weighted by atomic mass is 10.1. The van der Waals surface area contributed by atoms with Crippen molar-refractivity contribution in [2.45, 2.75) is 30.6 Å². The van der Waals surface area contributed by atoms with E-state index in [1.807, 2.05) is 4.90 Å². The van der Waals surface area contributed by atoms with Crippen LogP contribution < -0.4 is 10.1 Å². The fraction of sp³-hybridized carbons (Fsp3) is 0.269. The van der Waals surface area contributed by atoms with Gasteiger partial charge < -0.3 is 15.2 Å². The van der Waals surface area contributed by atoms with Crippen LogP contribution in [0.3, 0.4) is 0 Å². The van der Waals surface area contributed by atoms with E-state index in [4.69, 9.17) is 16.3 Å². The molecule has 1 saturated heterocycles. The summed E-state index contributed by atoms with van der Waals surface area (Å²) >= 11 is 9.20. The summed E-state index contributed by atoms with van der Waals surface area (Å²) in [4.78, 5) is 14.6. The highest BCUT2D eigenvalue weighted by Crippen LogP contribution is 2.31. The molecule has 39 heavy (non-hydrogen) atoms. The average Bonchev–Trinajstić information content (AvgIpc) is 3.27. The Bertz CT molecular complexity index is 1540. The summed E-state index contributed by atoms with van der Waals surface area (Å²) in [5.74, 6) is -3.45. The molecule has 0 radical (unpaired) electrons. The normalized spacial score (nSPS) is 15.9. The Morgan fingerprint density at radius 1 is 1.18 bits per heavy atom. The highest BCUT2D eigenvalue weighted by Gasteiger charge is 2.23. The van der Waals surface area contributed by atoms with Gasteiger partial charge in [-0.1, -0.05) is 11.6 Å². The van der Waals surface area contributed by atoms with E-state index in [9.17, 15) is 27.1 Å². The van der Waals surface area contributed by atoms with E-state index in [0.29, 0.717) is 31.6 Å². The lowest BCUT2D eigenvalue weighted by Crippen LogP contribution is -2.22. The predicted molar refractivity (Wildman–Crippen MR) is 143 cm³/mol. The maximum absolute atomic E-state index is 15.3. The molecule has 2 N–H and O–H groups in total. The Morgan fingerprint density at radius 3 is 2.56 bits per heavy atom. The van der Waals surface area contributed by atoms with Gasteiger partial charge in [-0.05, 0) is 58.7 Å². The third kappa shape index (κ3) is 6.93. The third-order valence-electron chi connectivity index (χ3n) is 6.16. The Balaban J connectivity index is 1.54. The number of aliphatic hydroxyl groups is 1. The lowest BCUT2D eigenvalue weighted by Gasteiger charge is -2.19. The van der Waals surface area contributed by atoms with Crippen molar-refractivity contribution in [2.24, 2.45) is 0 Å². The van der Waals surface area contributed by atoms with Crippen LogP contribution >= 0.6 is 27.5 Å². The van der Waals surface area contributed by atoms with E-state index >= 15 is 4.39 Å². The highest BCUT2D eigenvalue weighted by molar-refractivity contribution is 9.10. The lowest BCUT2D eigenvalue weighted by molar-refractivity contribution is 0.102. The SMILES string of the molecule is CS(=O)(=O)c1ccc(C(=O)Nc2ccc(F)c(COc3cc(F)c(Br)cc3CN3CC[C@H](O)C3)c2F)c(Cl)c1. The zero-order chi connectivity index (χ0) is 28.5. The van der Waals surface area contributed by atoms with Gasteiger partial charge in [0, 0.05) is 37.5 Å². The van der Waals surface area contributed by atoms with Crippen LogP contribution in [-0.2, 0) is 23.0 Å². The van der Waals surface area contributed by atoms with Crippen molar-refractivity contribution in [3.05, 3.63) is 86.1 Å². The fourth-order valence-electron chi connectivity index (χ4n) is 4.10. The Labute approximate surface area is 236 Å². The number of nitrogens with zero attached hydrogens (tertiary/aromatic N) is 1. The van der Waals surface area contributed by atoms with Crippen molar-refractivity contribution in [1.82, 2.24) is 4.90 Å². The quantitative estimate of drug-likeness (QED) is 0.344.